The summed E-state index contributed by atoms with van der Waals surface area (Å²) in [6.07, 6.45) is 9.59. The summed E-state index contributed by atoms with van der Waals surface area (Å²) in [6, 6.07) is 0.613. The first kappa shape index (κ1) is 13.9. The summed E-state index contributed by atoms with van der Waals surface area (Å²) in [5.74, 6) is 0.0444. The molecule has 0 atom stereocenters. The predicted molar refractivity (Wildman–Crippen MR) is 73.6 cm³/mol. The van der Waals surface area contributed by atoms with Crippen LogP contribution in [0.4, 0.5) is 0 Å². The lowest BCUT2D eigenvalue weighted by Gasteiger charge is -2.36. The molecule has 1 saturated carbocycles. The van der Waals surface area contributed by atoms with Gasteiger partial charge in [0, 0.05) is 31.0 Å². The minimum absolute atomic E-state index is 0.0444. The Morgan fingerprint density at radius 1 is 1.32 bits per heavy atom. The molecule has 0 spiro atoms. The number of carbonyl (C=O) groups is 1. The number of hydrogen-bond acceptors (Lipinski definition) is 4. The number of aromatic nitrogens is 2. The fourth-order valence-electron chi connectivity index (χ4n) is 2.68. The lowest BCUT2D eigenvalue weighted by molar-refractivity contribution is 0.0626. The normalized spacial score (nSPS) is 23.1. The van der Waals surface area contributed by atoms with Gasteiger partial charge in [0.1, 0.15) is 6.33 Å². The van der Waals surface area contributed by atoms with E-state index in [4.69, 9.17) is 5.73 Å². The molecule has 5 nitrogen and oxygen atoms in total. The monoisotopic (exact) mass is 262 g/mol. The van der Waals surface area contributed by atoms with Crippen molar-refractivity contribution in [1.82, 2.24) is 14.9 Å². The van der Waals surface area contributed by atoms with Crippen LogP contribution in [0.3, 0.4) is 0 Å². The zero-order valence-corrected chi connectivity index (χ0v) is 11.5. The van der Waals surface area contributed by atoms with Crippen LogP contribution in [0, 0.1) is 0 Å². The molecule has 0 aromatic carbocycles. The summed E-state index contributed by atoms with van der Waals surface area (Å²) in [5, 5.41) is 0. The van der Waals surface area contributed by atoms with Crippen molar-refractivity contribution in [2.24, 2.45) is 5.73 Å². The lowest BCUT2D eigenvalue weighted by Crippen LogP contribution is -2.44. The Morgan fingerprint density at radius 2 is 1.95 bits per heavy atom. The maximum Gasteiger partial charge on any atom is 0.257 e. The van der Waals surface area contributed by atoms with Crippen molar-refractivity contribution >= 4 is 5.91 Å². The van der Waals surface area contributed by atoms with Gasteiger partial charge in [0.05, 0.1) is 5.56 Å². The molecule has 5 heteroatoms. The Kier molecular flexibility index (Phi) is 4.85. The highest BCUT2D eigenvalue weighted by Gasteiger charge is 2.27. The van der Waals surface area contributed by atoms with Gasteiger partial charge in [-0.15, -0.1) is 0 Å². The van der Waals surface area contributed by atoms with E-state index in [0.29, 0.717) is 17.6 Å². The second kappa shape index (κ2) is 6.61. The molecule has 0 unspecified atom stereocenters. The van der Waals surface area contributed by atoms with Gasteiger partial charge in [0.25, 0.3) is 5.91 Å². The van der Waals surface area contributed by atoms with Gasteiger partial charge in [-0.3, -0.25) is 4.79 Å². The quantitative estimate of drug-likeness (QED) is 0.894. The van der Waals surface area contributed by atoms with Crippen molar-refractivity contribution in [3.05, 3.63) is 24.3 Å². The summed E-state index contributed by atoms with van der Waals surface area (Å²) in [5.41, 5.74) is 6.51. The fraction of sp³-hybridized carbons (Fsp3) is 0.643. The average molecular weight is 262 g/mol. The number of rotatable bonds is 4. The van der Waals surface area contributed by atoms with Gasteiger partial charge in [-0.2, -0.15) is 0 Å². The van der Waals surface area contributed by atoms with Gasteiger partial charge in [0.15, 0.2) is 0 Å². The van der Waals surface area contributed by atoms with E-state index in [9.17, 15) is 4.79 Å². The number of hydrogen-bond donors (Lipinski definition) is 1. The molecule has 19 heavy (non-hydrogen) atoms. The van der Waals surface area contributed by atoms with Gasteiger partial charge in [0.2, 0.25) is 0 Å². The van der Waals surface area contributed by atoms with E-state index in [1.54, 1.807) is 12.4 Å². The summed E-state index contributed by atoms with van der Waals surface area (Å²) < 4.78 is 0. The van der Waals surface area contributed by atoms with Crippen LogP contribution in [0.2, 0.25) is 0 Å². The van der Waals surface area contributed by atoms with Crippen LogP contribution in [0.15, 0.2) is 18.7 Å². The predicted octanol–water partition coefficient (Wildman–Crippen LogP) is 1.60. The first-order valence-corrected chi connectivity index (χ1v) is 7.04. The first-order valence-electron chi connectivity index (χ1n) is 7.04. The SMILES string of the molecule is CCCN(C(=O)c1cncnc1)C1CCC(N)CC1. The van der Waals surface area contributed by atoms with E-state index in [1.807, 2.05) is 4.90 Å². The molecule has 0 bridgehead atoms. The third-order valence-corrected chi connectivity index (χ3v) is 3.72. The molecule has 0 radical (unpaired) electrons. The number of nitrogens with two attached hydrogens (primary N) is 1. The molecular formula is C14H22N4O. The number of amides is 1. The van der Waals surface area contributed by atoms with Crippen molar-refractivity contribution in [2.45, 2.75) is 51.1 Å². The van der Waals surface area contributed by atoms with Gasteiger partial charge in [-0.25, -0.2) is 9.97 Å². The van der Waals surface area contributed by atoms with Crippen LogP contribution in [0.1, 0.15) is 49.4 Å². The molecule has 1 aliphatic carbocycles. The van der Waals surface area contributed by atoms with Gasteiger partial charge in [-0.05, 0) is 32.1 Å². The van der Waals surface area contributed by atoms with Crippen LogP contribution in [-0.2, 0) is 0 Å². The molecule has 1 aliphatic rings. The van der Waals surface area contributed by atoms with E-state index in [-0.39, 0.29) is 5.91 Å². The zero-order valence-electron chi connectivity index (χ0n) is 11.5. The van der Waals surface area contributed by atoms with Crippen molar-refractivity contribution in [1.29, 1.82) is 0 Å². The van der Waals surface area contributed by atoms with Gasteiger partial charge in [-0.1, -0.05) is 6.92 Å². The van der Waals surface area contributed by atoms with E-state index < -0.39 is 0 Å². The average Bonchev–Trinajstić information content (AvgIpc) is 2.46. The zero-order chi connectivity index (χ0) is 13.7. The van der Waals surface area contributed by atoms with Gasteiger partial charge >= 0.3 is 0 Å². The summed E-state index contributed by atoms with van der Waals surface area (Å²) >= 11 is 0. The summed E-state index contributed by atoms with van der Waals surface area (Å²) in [4.78, 5) is 22.4. The molecule has 2 N–H and O–H groups in total. The number of nitrogens with zero attached hydrogens (tertiary/aromatic N) is 3. The summed E-state index contributed by atoms with van der Waals surface area (Å²) in [6.45, 7) is 2.88. The minimum Gasteiger partial charge on any atom is -0.336 e. The second-order valence-corrected chi connectivity index (χ2v) is 5.19. The molecule has 0 aliphatic heterocycles. The van der Waals surface area contributed by atoms with E-state index in [1.165, 1.54) is 6.33 Å². The third-order valence-electron chi connectivity index (χ3n) is 3.72. The number of carbonyl (C=O) groups excluding carboxylic acids is 1. The first-order chi connectivity index (χ1) is 9.22. The van der Waals surface area contributed by atoms with Crippen LogP contribution in [0.25, 0.3) is 0 Å². The Balaban J connectivity index is 2.09. The third kappa shape index (κ3) is 3.50. The van der Waals surface area contributed by atoms with Gasteiger partial charge < -0.3 is 10.6 Å². The lowest BCUT2D eigenvalue weighted by atomic mass is 9.90. The molecule has 2 rings (SSSR count). The highest BCUT2D eigenvalue weighted by molar-refractivity contribution is 5.93. The smallest absolute Gasteiger partial charge is 0.257 e. The maximum absolute atomic E-state index is 12.5. The maximum atomic E-state index is 12.5. The van der Waals surface area contributed by atoms with Crippen molar-refractivity contribution in [2.75, 3.05) is 6.54 Å². The highest BCUT2D eigenvalue weighted by Crippen LogP contribution is 2.23. The molecule has 1 amide bonds. The van der Waals surface area contributed by atoms with Crippen LogP contribution in [-0.4, -0.2) is 39.4 Å². The Labute approximate surface area is 114 Å². The second-order valence-electron chi connectivity index (χ2n) is 5.19. The minimum atomic E-state index is 0.0444. The Bertz CT molecular complexity index is 401. The molecular weight excluding hydrogens is 240 g/mol. The Hall–Kier alpha value is -1.49. The van der Waals surface area contributed by atoms with E-state index in [2.05, 4.69) is 16.9 Å². The largest absolute Gasteiger partial charge is 0.336 e. The fourth-order valence-corrected chi connectivity index (χ4v) is 2.68. The van der Waals surface area contributed by atoms with Crippen molar-refractivity contribution in [3.63, 3.8) is 0 Å². The van der Waals surface area contributed by atoms with Crippen molar-refractivity contribution in [3.8, 4) is 0 Å². The van der Waals surface area contributed by atoms with Crippen LogP contribution < -0.4 is 5.73 Å². The topological polar surface area (TPSA) is 72.1 Å². The van der Waals surface area contributed by atoms with E-state index >= 15 is 0 Å². The summed E-state index contributed by atoms with van der Waals surface area (Å²) in [7, 11) is 0. The molecule has 1 aromatic rings. The molecule has 1 aromatic heterocycles. The Morgan fingerprint density at radius 3 is 2.53 bits per heavy atom. The van der Waals surface area contributed by atoms with Crippen molar-refractivity contribution < 1.29 is 4.79 Å². The highest BCUT2D eigenvalue weighted by atomic mass is 16.2. The van der Waals surface area contributed by atoms with E-state index in [0.717, 1.165) is 38.6 Å². The van der Waals surface area contributed by atoms with Crippen LogP contribution >= 0.6 is 0 Å². The molecule has 1 fully saturated rings. The molecule has 104 valence electrons. The molecule has 0 saturated heterocycles. The van der Waals surface area contributed by atoms with Crippen LogP contribution in [0.5, 0.6) is 0 Å². The standard InChI is InChI=1S/C14H22N4O/c1-2-7-18(13-5-3-12(15)4-6-13)14(19)11-8-16-10-17-9-11/h8-10,12-13H,2-7,15H2,1H3. The molecule has 1 heterocycles.